The number of allylic oxidation sites excluding steroid dienone is 28. The highest BCUT2D eigenvalue weighted by Crippen LogP contribution is 2.43. The average Bonchev–Trinajstić information content (AvgIpc) is 0.914. The second-order valence-corrected chi connectivity index (χ2v) is 30.2. The van der Waals surface area contributed by atoms with Crippen LogP contribution in [0.4, 0.5) is 0 Å². The summed E-state index contributed by atoms with van der Waals surface area (Å²) in [5.41, 5.74) is 0. The van der Waals surface area contributed by atoms with E-state index in [1.807, 2.05) is 21.1 Å². The summed E-state index contributed by atoms with van der Waals surface area (Å²) < 4.78 is 34.9. The quantitative estimate of drug-likeness (QED) is 0.0211. The maximum absolute atomic E-state index is 12.9. The van der Waals surface area contributed by atoms with E-state index >= 15 is 0 Å². The van der Waals surface area contributed by atoms with Crippen LogP contribution in [0.2, 0.25) is 0 Å². The van der Waals surface area contributed by atoms with E-state index in [4.69, 9.17) is 18.5 Å². The fourth-order valence-corrected chi connectivity index (χ4v) is 12.2. The van der Waals surface area contributed by atoms with Crippen LogP contribution >= 0.6 is 7.82 Å². The van der Waals surface area contributed by atoms with Crippen LogP contribution in [0.15, 0.2) is 170 Å². The lowest BCUT2D eigenvalue weighted by Gasteiger charge is -2.24. The molecule has 0 aromatic rings. The molecule has 0 amide bonds. The number of nitrogens with zero attached hydrogens (tertiary/aromatic N) is 1. The average molecular weight is 1440 g/mol. The second kappa shape index (κ2) is 80.5. The Morgan fingerprint density at radius 3 is 0.784 bits per heavy atom. The maximum Gasteiger partial charge on any atom is 0.472 e. The van der Waals surface area contributed by atoms with E-state index in [9.17, 15) is 19.0 Å². The zero-order valence-electron chi connectivity index (χ0n) is 66.5. The molecule has 10 heteroatoms. The first kappa shape index (κ1) is 97.4. The van der Waals surface area contributed by atoms with Crippen molar-refractivity contribution in [1.82, 2.24) is 0 Å². The van der Waals surface area contributed by atoms with Gasteiger partial charge in [0.25, 0.3) is 0 Å². The van der Waals surface area contributed by atoms with E-state index < -0.39 is 26.5 Å². The standard InChI is InChI=1S/C92H156NO8P/c1-6-8-10-12-14-16-18-20-22-24-26-28-30-32-34-36-38-40-42-44-46-48-50-52-54-56-58-60-62-64-66-68-70-72-74-76-78-80-82-84-91(94)98-88-90(89-100-102(96,97)99-87-86-93(3,4)5)101-92(95)85-83-81-79-77-75-73-71-69-67-65-63-61-59-57-55-53-51-49-47-45-43-41-39-37-35-33-31-29-27-25-23-21-19-17-15-13-11-9-7-2/h8-11,14-17,20-23,26-29,32-35,38-41,45,47,51,53,90H,6-7,12-13,18-19,24-25,30-31,36-37,42-44,46,48-50,52,54-89H2,1-5H3/p+1/b10-8-,11-9-,16-14-,17-15-,22-20-,23-21-,28-26-,29-27-,34-32-,35-33-,40-38-,41-39-,47-45-,53-51-. The molecule has 0 aliphatic heterocycles. The Balaban J connectivity index is 3.97. The molecule has 582 valence electrons. The van der Waals surface area contributed by atoms with Gasteiger partial charge in [-0.15, -0.1) is 0 Å². The predicted molar refractivity (Wildman–Crippen MR) is 445 cm³/mol. The first-order valence-corrected chi connectivity index (χ1v) is 43.4. The highest BCUT2D eigenvalue weighted by molar-refractivity contribution is 7.47. The van der Waals surface area contributed by atoms with E-state index in [2.05, 4.69) is 184 Å². The molecule has 0 saturated heterocycles. The number of likely N-dealkylation sites (N-methyl/N-ethyl adjacent to an activating group) is 1. The van der Waals surface area contributed by atoms with E-state index in [1.54, 1.807) is 0 Å². The molecule has 102 heavy (non-hydrogen) atoms. The van der Waals surface area contributed by atoms with Gasteiger partial charge in [0.05, 0.1) is 27.7 Å². The van der Waals surface area contributed by atoms with Gasteiger partial charge < -0.3 is 18.9 Å². The molecule has 0 radical (unpaired) electrons. The fraction of sp³-hybridized carbons (Fsp3) is 0.674. The minimum atomic E-state index is -4.40. The number of esters is 2. The number of carbonyl (C=O) groups excluding carboxylic acids is 2. The largest absolute Gasteiger partial charge is 0.472 e. The van der Waals surface area contributed by atoms with Gasteiger partial charge in [0.2, 0.25) is 0 Å². The van der Waals surface area contributed by atoms with Gasteiger partial charge in [0.1, 0.15) is 19.8 Å². The van der Waals surface area contributed by atoms with Gasteiger partial charge in [-0.05, 0) is 128 Å². The molecule has 1 N–H and O–H groups in total. The molecule has 0 aliphatic rings. The van der Waals surface area contributed by atoms with E-state index in [-0.39, 0.29) is 32.0 Å². The smallest absolute Gasteiger partial charge is 0.462 e. The van der Waals surface area contributed by atoms with Crippen LogP contribution in [0.5, 0.6) is 0 Å². The number of hydrogen-bond acceptors (Lipinski definition) is 7. The molecule has 0 saturated carbocycles. The molecule has 9 nitrogen and oxygen atoms in total. The van der Waals surface area contributed by atoms with Crippen molar-refractivity contribution in [3.05, 3.63) is 170 Å². The fourth-order valence-electron chi connectivity index (χ4n) is 11.5. The number of quaternary nitrogens is 1. The Bertz CT molecular complexity index is 2340. The summed E-state index contributed by atoms with van der Waals surface area (Å²) in [6.45, 7) is 4.23. The zero-order valence-corrected chi connectivity index (χ0v) is 67.4. The third-order valence-electron chi connectivity index (χ3n) is 17.7. The van der Waals surface area contributed by atoms with Crippen molar-refractivity contribution in [2.45, 2.75) is 354 Å². The molecule has 2 atom stereocenters. The van der Waals surface area contributed by atoms with Crippen LogP contribution < -0.4 is 0 Å². The maximum atomic E-state index is 12.9. The summed E-state index contributed by atoms with van der Waals surface area (Å²) in [7, 11) is 1.48. The molecule has 0 fully saturated rings. The number of hydrogen-bond donors (Lipinski definition) is 1. The summed E-state index contributed by atoms with van der Waals surface area (Å²) >= 11 is 0. The highest BCUT2D eigenvalue weighted by atomic mass is 31.2. The molecular weight excluding hydrogens is 1280 g/mol. The lowest BCUT2D eigenvalue weighted by atomic mass is 10.0. The summed E-state index contributed by atoms with van der Waals surface area (Å²) in [6.07, 6.45) is 122. The topological polar surface area (TPSA) is 108 Å². The second-order valence-electron chi connectivity index (χ2n) is 28.7. The minimum Gasteiger partial charge on any atom is -0.462 e. The van der Waals surface area contributed by atoms with Crippen LogP contribution in [0.1, 0.15) is 348 Å². The van der Waals surface area contributed by atoms with Gasteiger partial charge >= 0.3 is 19.8 Å². The molecule has 0 aromatic carbocycles. The van der Waals surface area contributed by atoms with Gasteiger partial charge in [0, 0.05) is 12.8 Å². The van der Waals surface area contributed by atoms with E-state index in [1.165, 1.54) is 186 Å². The van der Waals surface area contributed by atoms with Crippen molar-refractivity contribution in [2.75, 3.05) is 47.5 Å². The lowest BCUT2D eigenvalue weighted by molar-refractivity contribution is -0.870. The van der Waals surface area contributed by atoms with Crippen LogP contribution in [-0.4, -0.2) is 74.9 Å². The van der Waals surface area contributed by atoms with Crippen LogP contribution in [-0.2, 0) is 32.7 Å². The van der Waals surface area contributed by atoms with E-state index in [0.717, 1.165) is 128 Å². The predicted octanol–water partition coefficient (Wildman–Crippen LogP) is 28.4. The Morgan fingerprint density at radius 2 is 0.529 bits per heavy atom. The molecule has 0 heterocycles. The van der Waals surface area contributed by atoms with Crippen molar-refractivity contribution in [3.8, 4) is 0 Å². The van der Waals surface area contributed by atoms with Crippen molar-refractivity contribution < 1.29 is 42.1 Å². The molecule has 0 spiro atoms. The number of phosphoric acid groups is 1. The molecule has 2 unspecified atom stereocenters. The van der Waals surface area contributed by atoms with Crippen molar-refractivity contribution >= 4 is 19.8 Å². The Labute approximate surface area is 629 Å². The summed E-state index contributed by atoms with van der Waals surface area (Å²) in [6, 6.07) is 0. The monoisotopic (exact) mass is 1440 g/mol. The minimum absolute atomic E-state index is 0.0271. The molecule has 0 aromatic heterocycles. The summed E-state index contributed by atoms with van der Waals surface area (Å²) in [5, 5.41) is 0. The molecule has 0 rings (SSSR count). The van der Waals surface area contributed by atoms with Gasteiger partial charge in [-0.25, -0.2) is 4.57 Å². The van der Waals surface area contributed by atoms with Crippen LogP contribution in [0.3, 0.4) is 0 Å². The Morgan fingerprint density at radius 1 is 0.304 bits per heavy atom. The highest BCUT2D eigenvalue weighted by Gasteiger charge is 2.27. The zero-order chi connectivity index (χ0) is 74.0. The molecule has 0 aliphatic carbocycles. The van der Waals surface area contributed by atoms with Gasteiger partial charge in [-0.3, -0.25) is 18.6 Å². The summed E-state index contributed by atoms with van der Waals surface area (Å²) in [4.78, 5) is 36.0. The molecular formula is C92H157NO8P+. The van der Waals surface area contributed by atoms with E-state index in [0.29, 0.717) is 17.4 Å². The SMILES string of the molecule is CC/C=C\C/C=C\C/C=C\C/C=C\C/C=C\C/C=C\C/C=C\C/C=C\CCCCCCCCCCCCCCCCC(=O)OC(COC(=O)CCCCCCCCCCCCCCCCCCCCCC/C=C\C/C=C\C/C=C\C/C=C\C/C=C\C/C=C\CC)COP(=O)(O)OCC[N+](C)(C)C. The normalized spacial score (nSPS) is 13.9. The summed E-state index contributed by atoms with van der Waals surface area (Å²) in [5.74, 6) is -0.791. The Kier molecular flexibility index (Phi) is 76.8. The number of rotatable bonds is 76. The first-order chi connectivity index (χ1) is 50.0. The van der Waals surface area contributed by atoms with Crippen LogP contribution in [0, 0.1) is 0 Å². The Hall–Kier alpha value is -4.63. The molecule has 0 bridgehead atoms. The van der Waals surface area contributed by atoms with Gasteiger partial charge in [0.15, 0.2) is 6.10 Å². The third-order valence-corrected chi connectivity index (χ3v) is 18.7. The third kappa shape index (κ3) is 84.3. The number of phosphoric ester groups is 1. The number of carbonyl (C=O) groups is 2. The van der Waals surface area contributed by atoms with Crippen molar-refractivity contribution in [1.29, 1.82) is 0 Å². The number of unbranched alkanes of at least 4 members (excludes halogenated alkanes) is 34. The van der Waals surface area contributed by atoms with Gasteiger partial charge in [-0.2, -0.15) is 0 Å². The lowest BCUT2D eigenvalue weighted by Crippen LogP contribution is -2.37. The van der Waals surface area contributed by atoms with Crippen molar-refractivity contribution in [3.63, 3.8) is 0 Å². The van der Waals surface area contributed by atoms with Crippen LogP contribution in [0.25, 0.3) is 0 Å². The van der Waals surface area contributed by atoms with Crippen molar-refractivity contribution in [2.24, 2.45) is 0 Å². The first-order valence-electron chi connectivity index (χ1n) is 41.9. The number of ether oxygens (including phenoxy) is 2. The van der Waals surface area contributed by atoms with Gasteiger partial charge in [-0.1, -0.05) is 377 Å².